The van der Waals surface area contributed by atoms with Crippen LogP contribution in [0, 0.1) is 0 Å². The van der Waals surface area contributed by atoms with Crippen molar-refractivity contribution in [3.05, 3.63) is 28.8 Å². The highest BCUT2D eigenvalue weighted by molar-refractivity contribution is 7.80. The monoisotopic (exact) mass is 244 g/mol. The number of nitrogens with two attached hydrogens (primary N) is 1. The van der Waals surface area contributed by atoms with E-state index in [1.54, 1.807) is 18.2 Å². The molecule has 15 heavy (non-hydrogen) atoms. The fourth-order valence-electron chi connectivity index (χ4n) is 0.931. The van der Waals surface area contributed by atoms with Gasteiger partial charge in [-0.25, -0.2) is 4.79 Å². The normalized spacial score (nSPS) is 9.47. The summed E-state index contributed by atoms with van der Waals surface area (Å²) < 4.78 is 4.43. The minimum Gasteiger partial charge on any atom is -0.453 e. The number of amides is 1. The van der Waals surface area contributed by atoms with Gasteiger partial charge in [-0.05, 0) is 18.2 Å². The molecule has 3 N–H and O–H groups in total. The van der Waals surface area contributed by atoms with Crippen molar-refractivity contribution in [3.63, 3.8) is 0 Å². The number of methoxy groups -OCH3 is 1. The summed E-state index contributed by atoms with van der Waals surface area (Å²) in [6.07, 6.45) is -0.583. The van der Waals surface area contributed by atoms with E-state index in [2.05, 4.69) is 10.1 Å². The number of thiocarbonyl (C=S) groups is 1. The van der Waals surface area contributed by atoms with Gasteiger partial charge in [0, 0.05) is 5.56 Å². The third kappa shape index (κ3) is 3.07. The van der Waals surface area contributed by atoms with E-state index in [9.17, 15) is 4.79 Å². The second-order valence-electron chi connectivity index (χ2n) is 2.68. The zero-order chi connectivity index (χ0) is 11.4. The number of halogens is 1. The molecule has 0 fully saturated rings. The van der Waals surface area contributed by atoms with Crippen LogP contribution >= 0.6 is 23.8 Å². The fraction of sp³-hybridized carbons (Fsp3) is 0.111. The van der Waals surface area contributed by atoms with E-state index in [4.69, 9.17) is 29.6 Å². The summed E-state index contributed by atoms with van der Waals surface area (Å²) in [7, 11) is 1.27. The second-order valence-corrected chi connectivity index (χ2v) is 3.52. The number of hydrogen-bond donors (Lipinski definition) is 2. The SMILES string of the molecule is COC(=O)Nc1ccc(C(N)=S)cc1Cl. The average molecular weight is 245 g/mol. The smallest absolute Gasteiger partial charge is 0.411 e. The second kappa shape index (κ2) is 4.95. The van der Waals surface area contributed by atoms with E-state index >= 15 is 0 Å². The molecule has 6 heteroatoms. The van der Waals surface area contributed by atoms with Gasteiger partial charge in [-0.1, -0.05) is 23.8 Å². The van der Waals surface area contributed by atoms with Gasteiger partial charge in [0.1, 0.15) is 4.99 Å². The number of nitrogens with one attached hydrogen (secondary N) is 1. The largest absolute Gasteiger partial charge is 0.453 e. The summed E-state index contributed by atoms with van der Waals surface area (Å²) in [6, 6.07) is 4.85. The summed E-state index contributed by atoms with van der Waals surface area (Å²) in [5, 5.41) is 2.80. The van der Waals surface area contributed by atoms with E-state index < -0.39 is 6.09 Å². The van der Waals surface area contributed by atoms with E-state index in [0.29, 0.717) is 16.3 Å². The lowest BCUT2D eigenvalue weighted by molar-refractivity contribution is 0.187. The molecule has 0 saturated heterocycles. The van der Waals surface area contributed by atoms with Crippen LogP contribution in [0.15, 0.2) is 18.2 Å². The van der Waals surface area contributed by atoms with Crippen LogP contribution in [0.2, 0.25) is 5.02 Å². The Hall–Kier alpha value is -1.33. The standard InChI is InChI=1S/C9H9ClN2O2S/c1-14-9(13)12-7-3-2-5(8(11)15)4-6(7)10/h2-4H,1H3,(H2,11,15)(H,12,13). The van der Waals surface area contributed by atoms with Crippen LogP contribution in [0.5, 0.6) is 0 Å². The average Bonchev–Trinajstić information content (AvgIpc) is 2.20. The van der Waals surface area contributed by atoms with Gasteiger partial charge in [-0.15, -0.1) is 0 Å². The van der Waals surface area contributed by atoms with E-state index in [-0.39, 0.29) is 4.99 Å². The molecule has 4 nitrogen and oxygen atoms in total. The highest BCUT2D eigenvalue weighted by Gasteiger charge is 2.06. The molecule has 0 aromatic heterocycles. The molecule has 1 aromatic carbocycles. The number of carbonyl (C=O) groups excluding carboxylic acids is 1. The molecular weight excluding hydrogens is 236 g/mol. The maximum atomic E-state index is 10.9. The lowest BCUT2D eigenvalue weighted by atomic mass is 10.2. The fourth-order valence-corrected chi connectivity index (χ4v) is 1.29. The van der Waals surface area contributed by atoms with Crippen molar-refractivity contribution in [2.45, 2.75) is 0 Å². The van der Waals surface area contributed by atoms with Crippen molar-refractivity contribution in [2.24, 2.45) is 5.73 Å². The molecule has 0 heterocycles. The minimum atomic E-state index is -0.583. The first-order valence-corrected chi connectivity index (χ1v) is 4.77. The van der Waals surface area contributed by atoms with Gasteiger partial charge in [0.15, 0.2) is 0 Å². The number of anilines is 1. The van der Waals surface area contributed by atoms with E-state index in [0.717, 1.165) is 0 Å². The molecule has 0 radical (unpaired) electrons. The first-order chi connectivity index (χ1) is 7.04. The van der Waals surface area contributed by atoms with Crippen LogP contribution in [-0.2, 0) is 4.74 Å². The number of rotatable bonds is 2. The van der Waals surface area contributed by atoms with Gasteiger partial charge < -0.3 is 10.5 Å². The van der Waals surface area contributed by atoms with Gasteiger partial charge in [-0.2, -0.15) is 0 Å². The lowest BCUT2D eigenvalue weighted by Gasteiger charge is -2.07. The molecular formula is C9H9ClN2O2S. The van der Waals surface area contributed by atoms with Crippen molar-refractivity contribution in [2.75, 3.05) is 12.4 Å². The molecule has 0 bridgehead atoms. The Morgan fingerprint density at radius 1 is 1.60 bits per heavy atom. The maximum Gasteiger partial charge on any atom is 0.411 e. The van der Waals surface area contributed by atoms with Gasteiger partial charge in [0.05, 0.1) is 17.8 Å². The van der Waals surface area contributed by atoms with Crippen molar-refractivity contribution >= 4 is 40.6 Å². The molecule has 0 saturated carbocycles. The Bertz CT molecular complexity index is 409. The van der Waals surface area contributed by atoms with Crippen LogP contribution in [0.25, 0.3) is 0 Å². The van der Waals surface area contributed by atoms with Crippen molar-refractivity contribution in [1.29, 1.82) is 0 Å². The molecule has 0 atom stereocenters. The highest BCUT2D eigenvalue weighted by atomic mass is 35.5. The Morgan fingerprint density at radius 3 is 2.73 bits per heavy atom. The Kier molecular flexibility index (Phi) is 3.88. The molecule has 0 aliphatic heterocycles. The Labute approximate surface area is 97.4 Å². The molecule has 0 spiro atoms. The molecule has 1 rings (SSSR count). The first-order valence-electron chi connectivity index (χ1n) is 3.99. The lowest BCUT2D eigenvalue weighted by Crippen LogP contribution is -2.13. The van der Waals surface area contributed by atoms with Crippen molar-refractivity contribution < 1.29 is 9.53 Å². The van der Waals surface area contributed by atoms with Crippen LogP contribution in [0.1, 0.15) is 5.56 Å². The Balaban J connectivity index is 2.93. The molecule has 80 valence electrons. The van der Waals surface area contributed by atoms with Gasteiger partial charge in [0.25, 0.3) is 0 Å². The van der Waals surface area contributed by atoms with E-state index in [1.165, 1.54) is 7.11 Å². The topological polar surface area (TPSA) is 64.3 Å². The maximum absolute atomic E-state index is 10.9. The summed E-state index contributed by atoms with van der Waals surface area (Å²) in [5.41, 5.74) is 6.51. The number of ether oxygens (including phenoxy) is 1. The zero-order valence-electron chi connectivity index (χ0n) is 7.91. The third-order valence-corrected chi connectivity index (χ3v) is 2.22. The molecule has 0 aliphatic rings. The summed E-state index contributed by atoms with van der Waals surface area (Å²) >= 11 is 10.7. The summed E-state index contributed by atoms with van der Waals surface area (Å²) in [4.78, 5) is 11.2. The molecule has 0 aliphatic carbocycles. The number of benzene rings is 1. The number of carbonyl (C=O) groups is 1. The predicted octanol–water partition coefficient (Wildman–Crippen LogP) is 2.15. The summed E-state index contributed by atoms with van der Waals surface area (Å²) in [6.45, 7) is 0. The molecule has 1 aromatic rings. The van der Waals surface area contributed by atoms with Gasteiger partial charge in [-0.3, -0.25) is 5.32 Å². The Morgan fingerprint density at radius 2 is 2.27 bits per heavy atom. The van der Waals surface area contributed by atoms with Crippen molar-refractivity contribution in [3.8, 4) is 0 Å². The van der Waals surface area contributed by atoms with Crippen LogP contribution in [0.3, 0.4) is 0 Å². The van der Waals surface area contributed by atoms with Gasteiger partial charge in [0.2, 0.25) is 0 Å². The van der Waals surface area contributed by atoms with Crippen LogP contribution in [-0.4, -0.2) is 18.2 Å². The van der Waals surface area contributed by atoms with Crippen LogP contribution < -0.4 is 11.1 Å². The van der Waals surface area contributed by atoms with E-state index in [1.807, 2.05) is 0 Å². The quantitative estimate of drug-likeness (QED) is 0.783. The number of hydrogen-bond acceptors (Lipinski definition) is 3. The molecule has 1 amide bonds. The summed E-state index contributed by atoms with van der Waals surface area (Å²) in [5.74, 6) is 0. The van der Waals surface area contributed by atoms with Crippen LogP contribution in [0.4, 0.5) is 10.5 Å². The predicted molar refractivity (Wildman–Crippen MR) is 63.4 cm³/mol. The van der Waals surface area contributed by atoms with Crippen molar-refractivity contribution in [1.82, 2.24) is 0 Å². The zero-order valence-corrected chi connectivity index (χ0v) is 9.48. The van der Waals surface area contributed by atoms with Gasteiger partial charge >= 0.3 is 6.09 Å². The first kappa shape index (κ1) is 11.7. The molecule has 0 unspecified atom stereocenters. The highest BCUT2D eigenvalue weighted by Crippen LogP contribution is 2.23. The third-order valence-electron chi connectivity index (χ3n) is 1.68. The minimum absolute atomic E-state index is 0.251.